The van der Waals surface area contributed by atoms with E-state index in [1.54, 1.807) is 12.0 Å². The molecule has 3 rings (SSSR count). The summed E-state index contributed by atoms with van der Waals surface area (Å²) >= 11 is 0. The molecule has 1 amide bonds. The molecule has 2 saturated heterocycles. The van der Waals surface area contributed by atoms with Gasteiger partial charge in [-0.15, -0.1) is 0 Å². The van der Waals surface area contributed by atoms with Crippen molar-refractivity contribution in [2.75, 3.05) is 13.7 Å². The van der Waals surface area contributed by atoms with Crippen LogP contribution in [-0.2, 0) is 11.2 Å². The maximum absolute atomic E-state index is 11.3. The Morgan fingerprint density at radius 3 is 2.68 bits per heavy atom. The van der Waals surface area contributed by atoms with Crippen molar-refractivity contribution in [3.63, 3.8) is 0 Å². The van der Waals surface area contributed by atoms with E-state index in [1.165, 1.54) is 5.56 Å². The molecular weight excluding hydrogens is 282 g/mol. The summed E-state index contributed by atoms with van der Waals surface area (Å²) in [5.74, 6) is 0.877. The van der Waals surface area contributed by atoms with E-state index in [0.717, 1.165) is 37.9 Å². The Hall–Kier alpha value is -1.75. The summed E-state index contributed by atoms with van der Waals surface area (Å²) in [5, 5.41) is 9.29. The van der Waals surface area contributed by atoms with E-state index in [1.807, 2.05) is 12.1 Å². The average molecular weight is 305 g/mol. The van der Waals surface area contributed by atoms with E-state index < -0.39 is 6.09 Å². The second-order valence-corrected chi connectivity index (χ2v) is 6.18. The number of piperidine rings is 1. The van der Waals surface area contributed by atoms with Crippen molar-refractivity contribution in [3.8, 4) is 5.75 Å². The molecule has 120 valence electrons. The van der Waals surface area contributed by atoms with Crippen molar-refractivity contribution in [3.05, 3.63) is 29.8 Å². The highest BCUT2D eigenvalue weighted by Crippen LogP contribution is 2.37. The van der Waals surface area contributed by atoms with Crippen molar-refractivity contribution in [1.82, 2.24) is 4.90 Å². The molecule has 5 nitrogen and oxygen atoms in total. The Morgan fingerprint density at radius 2 is 2.05 bits per heavy atom. The molecule has 2 heterocycles. The van der Waals surface area contributed by atoms with Gasteiger partial charge in [-0.2, -0.15) is 0 Å². The minimum atomic E-state index is -0.785. The summed E-state index contributed by atoms with van der Waals surface area (Å²) < 4.78 is 11.2. The van der Waals surface area contributed by atoms with E-state index in [2.05, 4.69) is 12.1 Å². The zero-order valence-corrected chi connectivity index (χ0v) is 12.9. The average Bonchev–Trinajstić information content (AvgIpc) is 2.78. The second kappa shape index (κ2) is 6.57. The number of amides is 1. The highest BCUT2D eigenvalue weighted by molar-refractivity contribution is 5.66. The number of carbonyl (C=O) groups is 1. The monoisotopic (exact) mass is 305 g/mol. The zero-order chi connectivity index (χ0) is 15.5. The Labute approximate surface area is 130 Å². The van der Waals surface area contributed by atoms with Crippen LogP contribution in [0.4, 0.5) is 4.79 Å². The molecule has 2 bridgehead atoms. The molecule has 0 aliphatic carbocycles. The molecule has 2 fully saturated rings. The van der Waals surface area contributed by atoms with Crippen LogP contribution in [0.5, 0.6) is 5.75 Å². The fourth-order valence-corrected chi connectivity index (χ4v) is 3.72. The molecule has 2 aliphatic heterocycles. The number of benzene rings is 1. The Bertz CT molecular complexity index is 519. The lowest BCUT2D eigenvalue weighted by atomic mass is 10.00. The molecule has 2 aliphatic rings. The van der Waals surface area contributed by atoms with Gasteiger partial charge in [0.2, 0.25) is 0 Å². The van der Waals surface area contributed by atoms with Crippen LogP contribution in [0.2, 0.25) is 0 Å². The fourth-order valence-electron chi connectivity index (χ4n) is 3.72. The predicted molar refractivity (Wildman–Crippen MR) is 82.3 cm³/mol. The number of methoxy groups -OCH3 is 1. The van der Waals surface area contributed by atoms with Gasteiger partial charge in [0.1, 0.15) is 11.9 Å². The summed E-state index contributed by atoms with van der Waals surface area (Å²) in [6.45, 7) is 0.699. The van der Waals surface area contributed by atoms with E-state index in [0.29, 0.717) is 6.61 Å². The lowest BCUT2D eigenvalue weighted by Crippen LogP contribution is -2.48. The van der Waals surface area contributed by atoms with Crippen LogP contribution < -0.4 is 4.74 Å². The molecule has 5 heteroatoms. The predicted octanol–water partition coefficient (Wildman–Crippen LogP) is 2.93. The molecule has 3 atom stereocenters. The maximum atomic E-state index is 11.3. The molecule has 0 saturated carbocycles. The van der Waals surface area contributed by atoms with Crippen molar-refractivity contribution in [1.29, 1.82) is 0 Å². The molecule has 1 N–H and O–H groups in total. The first kappa shape index (κ1) is 15.2. The quantitative estimate of drug-likeness (QED) is 0.908. The number of hydrogen-bond donors (Lipinski definition) is 1. The second-order valence-electron chi connectivity index (χ2n) is 6.18. The van der Waals surface area contributed by atoms with Gasteiger partial charge in [0.15, 0.2) is 0 Å². The highest BCUT2D eigenvalue weighted by Gasteiger charge is 2.44. The first-order chi connectivity index (χ1) is 10.7. The third-order valence-corrected chi connectivity index (χ3v) is 4.71. The van der Waals surface area contributed by atoms with Crippen LogP contribution in [0, 0.1) is 0 Å². The molecule has 1 aromatic rings. The summed E-state index contributed by atoms with van der Waals surface area (Å²) in [6, 6.07) is 8.35. The van der Waals surface area contributed by atoms with E-state index in [-0.39, 0.29) is 18.2 Å². The zero-order valence-electron chi connectivity index (χ0n) is 12.9. The SMILES string of the molecule is COCCc1cccc(OC2C[C@H]3CC[C@@H](C2)N3C(=O)O)c1. The standard InChI is InChI=1S/C17H23NO4/c1-21-8-7-12-3-2-4-15(9-12)22-16-10-13-5-6-14(11-16)18(13)17(19)20/h2-4,9,13-14,16H,5-8,10-11H2,1H3,(H,19,20)/t13-,14+,16?. The van der Waals surface area contributed by atoms with E-state index in [4.69, 9.17) is 9.47 Å². The van der Waals surface area contributed by atoms with E-state index >= 15 is 0 Å². The summed E-state index contributed by atoms with van der Waals surface area (Å²) in [4.78, 5) is 12.9. The smallest absolute Gasteiger partial charge is 0.407 e. The number of rotatable bonds is 5. The molecular formula is C17H23NO4. The molecule has 0 spiro atoms. The fraction of sp³-hybridized carbons (Fsp3) is 0.588. The van der Waals surface area contributed by atoms with Gasteiger partial charge in [0, 0.05) is 32.0 Å². The third-order valence-electron chi connectivity index (χ3n) is 4.71. The van der Waals surface area contributed by atoms with Crippen molar-refractivity contribution in [2.24, 2.45) is 0 Å². The molecule has 0 radical (unpaired) electrons. The number of ether oxygens (including phenoxy) is 2. The number of carboxylic acid groups (broad SMARTS) is 1. The molecule has 0 aromatic heterocycles. The van der Waals surface area contributed by atoms with Gasteiger partial charge < -0.3 is 19.5 Å². The number of nitrogens with zero attached hydrogens (tertiary/aromatic N) is 1. The highest BCUT2D eigenvalue weighted by atomic mass is 16.5. The van der Waals surface area contributed by atoms with Gasteiger partial charge in [-0.3, -0.25) is 0 Å². The lowest BCUT2D eigenvalue weighted by molar-refractivity contribution is 0.0496. The van der Waals surface area contributed by atoms with Gasteiger partial charge in [-0.05, 0) is 37.0 Å². The topological polar surface area (TPSA) is 59.0 Å². The Balaban J connectivity index is 1.62. The Morgan fingerprint density at radius 1 is 1.32 bits per heavy atom. The van der Waals surface area contributed by atoms with Crippen molar-refractivity contribution >= 4 is 6.09 Å². The van der Waals surface area contributed by atoms with Crippen LogP contribution in [0.3, 0.4) is 0 Å². The molecule has 1 unspecified atom stereocenters. The Kier molecular flexibility index (Phi) is 4.52. The van der Waals surface area contributed by atoms with Crippen molar-refractivity contribution in [2.45, 2.75) is 50.3 Å². The van der Waals surface area contributed by atoms with Gasteiger partial charge >= 0.3 is 6.09 Å². The van der Waals surface area contributed by atoms with Crippen molar-refractivity contribution < 1.29 is 19.4 Å². The number of fused-ring (bicyclic) bond motifs is 2. The van der Waals surface area contributed by atoms with Crippen LogP contribution in [-0.4, -0.2) is 48.0 Å². The summed E-state index contributed by atoms with van der Waals surface area (Å²) in [7, 11) is 1.70. The first-order valence-electron chi connectivity index (χ1n) is 7.93. The lowest BCUT2D eigenvalue weighted by Gasteiger charge is -2.37. The van der Waals surface area contributed by atoms with Gasteiger partial charge in [-0.25, -0.2) is 4.79 Å². The largest absolute Gasteiger partial charge is 0.490 e. The van der Waals surface area contributed by atoms with E-state index in [9.17, 15) is 9.90 Å². The van der Waals surface area contributed by atoms with Crippen LogP contribution >= 0.6 is 0 Å². The first-order valence-corrected chi connectivity index (χ1v) is 7.93. The van der Waals surface area contributed by atoms with Gasteiger partial charge in [-0.1, -0.05) is 12.1 Å². The van der Waals surface area contributed by atoms with Crippen LogP contribution in [0.1, 0.15) is 31.2 Å². The maximum Gasteiger partial charge on any atom is 0.407 e. The minimum Gasteiger partial charge on any atom is -0.490 e. The normalized spacial score (nSPS) is 27.0. The minimum absolute atomic E-state index is 0.116. The molecule has 22 heavy (non-hydrogen) atoms. The third kappa shape index (κ3) is 3.19. The van der Waals surface area contributed by atoms with Gasteiger partial charge in [0.05, 0.1) is 6.61 Å². The molecule has 1 aromatic carbocycles. The van der Waals surface area contributed by atoms with Gasteiger partial charge in [0.25, 0.3) is 0 Å². The van der Waals surface area contributed by atoms with Crippen LogP contribution in [0.25, 0.3) is 0 Å². The summed E-state index contributed by atoms with van der Waals surface area (Å²) in [6.07, 6.45) is 3.72. The number of hydrogen-bond acceptors (Lipinski definition) is 3. The van der Waals surface area contributed by atoms with Crippen LogP contribution in [0.15, 0.2) is 24.3 Å². The summed E-state index contributed by atoms with van der Waals surface area (Å²) in [5.41, 5.74) is 1.20.